The zero-order chi connectivity index (χ0) is 30.0. The average molecular weight is 654 g/mol. The number of nitrogens with zero attached hydrogens (tertiary/aromatic N) is 5. The van der Waals surface area contributed by atoms with Crippen molar-refractivity contribution in [1.82, 2.24) is 25.1 Å². The Hall–Kier alpha value is -3.68. The number of thiazole rings is 2. The first-order valence-corrected chi connectivity index (χ1v) is 16.1. The zero-order valence-electron chi connectivity index (χ0n) is 21.5. The van der Waals surface area contributed by atoms with Gasteiger partial charge in [-0.15, -0.1) is 46.2 Å². The monoisotopic (exact) mass is 653 g/mol. The van der Waals surface area contributed by atoms with Gasteiger partial charge >= 0.3 is 11.9 Å². The van der Waals surface area contributed by atoms with E-state index in [9.17, 15) is 29.1 Å². The number of amides is 3. The first-order valence-electron chi connectivity index (χ1n) is 12.3. The molecule has 222 valence electrons. The number of nitrogens with one attached hydrogen (secondary N) is 1. The SMILES string of the molecule is Nc1nc(/C(=N/OCC(=O)O)C(=O)NC2C(=O)N3C(C(=O)O)=C(CSc4scnc4C(=O)N4CCCC4)CS[C@@H]23)cs1. The van der Waals surface area contributed by atoms with Crippen molar-refractivity contribution in [3.63, 3.8) is 0 Å². The second-order valence-electron chi connectivity index (χ2n) is 9.07. The van der Waals surface area contributed by atoms with Crippen molar-refractivity contribution in [2.24, 2.45) is 5.16 Å². The number of carboxylic acids is 2. The number of rotatable bonds is 11. The van der Waals surface area contributed by atoms with Gasteiger partial charge in [-0.05, 0) is 18.4 Å². The van der Waals surface area contributed by atoms with Crippen LogP contribution in [-0.4, -0.2) is 108 Å². The van der Waals surface area contributed by atoms with E-state index in [4.69, 9.17) is 15.7 Å². The normalized spacial score (nSPS) is 20.3. The van der Waals surface area contributed by atoms with Gasteiger partial charge in [-0.25, -0.2) is 19.6 Å². The summed E-state index contributed by atoms with van der Waals surface area (Å²) in [5, 5.41) is 25.8. The van der Waals surface area contributed by atoms with Crippen LogP contribution in [0, 0.1) is 0 Å². The smallest absolute Gasteiger partial charge is 0.352 e. The number of carbonyl (C=O) groups excluding carboxylic acids is 3. The molecule has 3 amide bonds. The molecule has 2 saturated heterocycles. The van der Waals surface area contributed by atoms with Crippen LogP contribution in [0.1, 0.15) is 29.0 Å². The molecule has 42 heavy (non-hydrogen) atoms. The number of aromatic nitrogens is 2. The van der Waals surface area contributed by atoms with E-state index in [0.29, 0.717) is 28.6 Å². The van der Waals surface area contributed by atoms with Crippen molar-refractivity contribution >= 4 is 86.7 Å². The molecule has 19 heteroatoms. The molecule has 2 aromatic rings. The number of nitrogen functional groups attached to an aromatic ring is 1. The number of β-lactam (4-membered cyclic amide) rings is 1. The number of oxime groups is 1. The van der Waals surface area contributed by atoms with Crippen molar-refractivity contribution in [2.45, 2.75) is 28.5 Å². The minimum absolute atomic E-state index is 0.0244. The van der Waals surface area contributed by atoms with Gasteiger partial charge in [0.05, 0.1) is 9.72 Å². The first-order chi connectivity index (χ1) is 20.2. The maximum Gasteiger partial charge on any atom is 0.352 e. The topological polar surface area (TPSA) is 218 Å². The number of carboxylic acid groups (broad SMARTS) is 2. The lowest BCUT2D eigenvalue weighted by atomic mass is 10.0. The third-order valence-corrected chi connectivity index (χ3v) is 10.6. The second kappa shape index (κ2) is 12.7. The number of likely N-dealkylation sites (tertiary alicyclic amines) is 1. The Morgan fingerprint density at radius 1 is 1.21 bits per heavy atom. The molecule has 2 aromatic heterocycles. The molecule has 3 aliphatic rings. The molecule has 0 aliphatic carbocycles. The third kappa shape index (κ3) is 6.08. The molecule has 5 heterocycles. The van der Waals surface area contributed by atoms with Gasteiger partial charge in [0.1, 0.15) is 22.8 Å². The highest BCUT2D eigenvalue weighted by Gasteiger charge is 2.54. The quantitative estimate of drug-likeness (QED) is 0.114. The second-order valence-corrected chi connectivity index (χ2v) is 13.2. The Bertz CT molecular complexity index is 1500. The number of nitrogens with two attached hydrogens (primary N) is 1. The fourth-order valence-corrected chi connectivity index (χ4v) is 8.39. The highest BCUT2D eigenvalue weighted by atomic mass is 32.2. The summed E-state index contributed by atoms with van der Waals surface area (Å²) >= 11 is 4.90. The first kappa shape index (κ1) is 29.8. The number of anilines is 1. The van der Waals surface area contributed by atoms with E-state index in [1.807, 2.05) is 0 Å². The van der Waals surface area contributed by atoms with E-state index in [2.05, 4.69) is 20.4 Å². The molecule has 1 unspecified atom stereocenters. The number of fused-ring (bicyclic) bond motifs is 1. The molecule has 2 atom stereocenters. The van der Waals surface area contributed by atoms with Gasteiger partial charge in [-0.3, -0.25) is 19.3 Å². The van der Waals surface area contributed by atoms with Crippen LogP contribution in [0.5, 0.6) is 0 Å². The molecule has 5 rings (SSSR count). The highest BCUT2D eigenvalue weighted by Crippen LogP contribution is 2.42. The number of hydrogen-bond donors (Lipinski definition) is 4. The standard InChI is InChI=1S/C23H23N7O8S4/c24-23-26-11(8-41-23)13(28-38-5-12(31)32)17(33)27-14-19(35)30-16(21(36)37)10(6-39-20(14)30)7-40-22-15(25-9-42-22)18(34)29-3-1-2-4-29/h8-9,14,20H,1-7H2,(H2,24,26)(H,27,33)(H,31,32)(H,36,37)/b28-13-/t14?,20-/m0/s1. The van der Waals surface area contributed by atoms with Crippen LogP contribution in [0.25, 0.3) is 0 Å². The molecule has 5 N–H and O–H groups in total. The Morgan fingerprint density at radius 3 is 2.64 bits per heavy atom. The Labute approximate surface area is 254 Å². The highest BCUT2D eigenvalue weighted by molar-refractivity contribution is 8.02. The van der Waals surface area contributed by atoms with E-state index >= 15 is 0 Å². The minimum Gasteiger partial charge on any atom is -0.479 e. The number of hydrogen-bond acceptors (Lipinski definition) is 14. The Kier molecular flexibility index (Phi) is 8.99. The lowest BCUT2D eigenvalue weighted by Gasteiger charge is -2.49. The molecular formula is C23H23N7O8S4. The van der Waals surface area contributed by atoms with Crippen molar-refractivity contribution in [3.8, 4) is 0 Å². The van der Waals surface area contributed by atoms with Crippen LogP contribution in [-0.2, 0) is 24.0 Å². The summed E-state index contributed by atoms with van der Waals surface area (Å²) in [5.74, 6) is -3.74. The number of carbonyl (C=O) groups is 5. The van der Waals surface area contributed by atoms with Crippen molar-refractivity contribution < 1.29 is 39.0 Å². The lowest BCUT2D eigenvalue weighted by molar-refractivity contribution is -0.150. The van der Waals surface area contributed by atoms with E-state index in [0.717, 1.165) is 29.1 Å². The van der Waals surface area contributed by atoms with Crippen LogP contribution in [0.2, 0.25) is 0 Å². The maximum atomic E-state index is 13.1. The van der Waals surface area contributed by atoms with Crippen LogP contribution in [0.15, 0.2) is 31.5 Å². The summed E-state index contributed by atoms with van der Waals surface area (Å²) in [6.45, 7) is 0.554. The van der Waals surface area contributed by atoms with E-state index in [-0.39, 0.29) is 39.6 Å². The molecule has 0 aromatic carbocycles. The van der Waals surface area contributed by atoms with Crippen molar-refractivity contribution in [2.75, 3.05) is 36.9 Å². The summed E-state index contributed by atoms with van der Waals surface area (Å²) < 4.78 is 0.677. The van der Waals surface area contributed by atoms with Crippen molar-refractivity contribution in [1.29, 1.82) is 0 Å². The lowest BCUT2D eigenvalue weighted by Crippen LogP contribution is -2.71. The molecule has 0 radical (unpaired) electrons. The largest absolute Gasteiger partial charge is 0.479 e. The fourth-order valence-electron chi connectivity index (χ4n) is 4.46. The van der Waals surface area contributed by atoms with Crippen LogP contribution in [0.4, 0.5) is 5.13 Å². The maximum absolute atomic E-state index is 13.1. The van der Waals surface area contributed by atoms with Crippen LogP contribution >= 0.6 is 46.2 Å². The minimum atomic E-state index is -1.31. The average Bonchev–Trinajstić information content (AvgIpc) is 3.74. The molecular weight excluding hydrogens is 631 g/mol. The molecule has 0 saturated carbocycles. The molecule has 2 fully saturated rings. The molecule has 15 nitrogen and oxygen atoms in total. The van der Waals surface area contributed by atoms with Gasteiger partial charge in [-0.2, -0.15) is 0 Å². The molecule has 0 bridgehead atoms. The van der Waals surface area contributed by atoms with Gasteiger partial charge in [0.25, 0.3) is 17.7 Å². The van der Waals surface area contributed by atoms with Gasteiger partial charge < -0.3 is 31.0 Å². The fraction of sp³-hybridized carbons (Fsp3) is 0.391. The van der Waals surface area contributed by atoms with Gasteiger partial charge in [0.2, 0.25) is 6.61 Å². The van der Waals surface area contributed by atoms with Crippen LogP contribution in [0.3, 0.4) is 0 Å². The Morgan fingerprint density at radius 2 is 1.98 bits per heavy atom. The molecule has 3 aliphatic heterocycles. The zero-order valence-corrected chi connectivity index (χ0v) is 24.8. The third-order valence-electron chi connectivity index (χ3n) is 6.37. The van der Waals surface area contributed by atoms with Crippen molar-refractivity contribution in [3.05, 3.63) is 33.5 Å². The number of aliphatic carboxylic acids is 2. The van der Waals surface area contributed by atoms with Gasteiger partial charge in [0.15, 0.2) is 16.5 Å². The summed E-state index contributed by atoms with van der Waals surface area (Å²) in [6, 6.07) is -1.07. The summed E-state index contributed by atoms with van der Waals surface area (Å²) in [6.07, 6.45) is 1.89. The van der Waals surface area contributed by atoms with E-state index in [1.54, 1.807) is 10.4 Å². The Balaban J connectivity index is 1.28. The van der Waals surface area contributed by atoms with E-state index < -0.39 is 41.8 Å². The van der Waals surface area contributed by atoms with Crippen LogP contribution < -0.4 is 11.1 Å². The van der Waals surface area contributed by atoms with Gasteiger partial charge in [-0.1, -0.05) is 5.16 Å². The summed E-state index contributed by atoms with van der Waals surface area (Å²) in [4.78, 5) is 77.9. The predicted octanol–water partition coefficient (Wildman–Crippen LogP) is 0.754. The summed E-state index contributed by atoms with van der Waals surface area (Å²) in [5.41, 5.74) is 7.55. The molecule has 0 spiro atoms. The van der Waals surface area contributed by atoms with Gasteiger partial charge in [0, 0.05) is 30.0 Å². The summed E-state index contributed by atoms with van der Waals surface area (Å²) in [7, 11) is 0. The van der Waals surface area contributed by atoms with E-state index in [1.165, 1.54) is 40.2 Å². The number of thioether (sulfide) groups is 2. The predicted molar refractivity (Wildman–Crippen MR) is 154 cm³/mol.